The first kappa shape index (κ1) is 9.75. The van der Waals surface area contributed by atoms with Crippen molar-refractivity contribution in [3.8, 4) is 5.75 Å². The second-order valence-electron chi connectivity index (χ2n) is 2.79. The molecule has 1 heterocycles. The molecule has 1 saturated heterocycles. The van der Waals surface area contributed by atoms with Crippen LogP contribution in [0, 0.1) is 0 Å². The lowest BCUT2D eigenvalue weighted by molar-refractivity contribution is 0.131. The van der Waals surface area contributed by atoms with Crippen LogP contribution in [0.15, 0.2) is 30.3 Å². The number of nitrogens with one attached hydrogen (secondary N) is 3. The minimum absolute atomic E-state index is 0.269. The second kappa shape index (κ2) is 4.63. The van der Waals surface area contributed by atoms with Gasteiger partial charge in [-0.15, -0.1) is 0 Å². The lowest BCUT2D eigenvalue weighted by atomic mass is 10.3. The third-order valence-corrected chi connectivity index (χ3v) is 2.38. The van der Waals surface area contributed by atoms with Crippen molar-refractivity contribution in [2.75, 3.05) is 0 Å². The standard InChI is InChI=1S/C8H12N4OS/c9-7-10-8(12-14-11-7)13-6-4-2-1-3-5-6/h1-5,7-8,10-12H,9H2. The van der Waals surface area contributed by atoms with E-state index in [9.17, 15) is 0 Å². The summed E-state index contributed by atoms with van der Waals surface area (Å²) < 4.78 is 11.4. The molecule has 0 radical (unpaired) electrons. The normalized spacial score (nSPS) is 27.2. The predicted molar refractivity (Wildman–Crippen MR) is 55.8 cm³/mol. The summed E-state index contributed by atoms with van der Waals surface area (Å²) in [5.74, 6) is 0.798. The van der Waals surface area contributed by atoms with E-state index in [1.54, 1.807) is 0 Å². The van der Waals surface area contributed by atoms with Crippen LogP contribution in [0.3, 0.4) is 0 Å². The predicted octanol–water partition coefficient (Wildman–Crippen LogP) is -0.0631. The number of ether oxygens (including phenoxy) is 1. The maximum atomic E-state index is 5.62. The van der Waals surface area contributed by atoms with Gasteiger partial charge >= 0.3 is 0 Å². The van der Waals surface area contributed by atoms with Gasteiger partial charge in [-0.2, -0.15) is 0 Å². The van der Waals surface area contributed by atoms with E-state index >= 15 is 0 Å². The fourth-order valence-electron chi connectivity index (χ4n) is 1.08. The number of hydrogen-bond acceptors (Lipinski definition) is 6. The Hall–Kier alpha value is -0.790. The SMILES string of the molecule is NC1NSNC(Oc2ccccc2)N1. The molecule has 0 bridgehead atoms. The summed E-state index contributed by atoms with van der Waals surface area (Å²) in [6, 6.07) is 9.56. The maximum absolute atomic E-state index is 5.62. The fourth-order valence-corrected chi connectivity index (χ4v) is 1.56. The molecule has 0 aromatic heterocycles. The molecule has 1 aromatic rings. The Morgan fingerprint density at radius 2 is 2.00 bits per heavy atom. The molecule has 14 heavy (non-hydrogen) atoms. The van der Waals surface area contributed by atoms with Crippen molar-refractivity contribution < 1.29 is 4.74 Å². The van der Waals surface area contributed by atoms with Gasteiger partial charge in [-0.05, 0) is 12.1 Å². The Kier molecular flexibility index (Phi) is 3.22. The molecule has 1 fully saturated rings. The molecule has 5 nitrogen and oxygen atoms in total. The third kappa shape index (κ3) is 2.60. The van der Waals surface area contributed by atoms with E-state index in [0.717, 1.165) is 5.75 Å². The highest BCUT2D eigenvalue weighted by atomic mass is 32.2. The zero-order chi connectivity index (χ0) is 9.80. The smallest absolute Gasteiger partial charge is 0.219 e. The summed E-state index contributed by atoms with van der Waals surface area (Å²) in [5.41, 5.74) is 5.62. The van der Waals surface area contributed by atoms with E-state index in [-0.39, 0.29) is 12.6 Å². The Morgan fingerprint density at radius 1 is 1.21 bits per heavy atom. The van der Waals surface area contributed by atoms with Gasteiger partial charge < -0.3 is 10.5 Å². The molecule has 0 spiro atoms. The lowest BCUT2D eigenvalue weighted by Gasteiger charge is -2.29. The minimum atomic E-state index is -0.279. The largest absolute Gasteiger partial charge is 0.461 e. The summed E-state index contributed by atoms with van der Waals surface area (Å²) in [6.45, 7) is 0. The highest BCUT2D eigenvalue weighted by Gasteiger charge is 2.18. The molecule has 5 N–H and O–H groups in total. The van der Waals surface area contributed by atoms with Crippen LogP contribution < -0.4 is 25.2 Å². The van der Waals surface area contributed by atoms with Crippen molar-refractivity contribution in [1.29, 1.82) is 0 Å². The van der Waals surface area contributed by atoms with Crippen LogP contribution in [0.4, 0.5) is 0 Å². The van der Waals surface area contributed by atoms with E-state index in [4.69, 9.17) is 10.5 Å². The minimum Gasteiger partial charge on any atom is -0.461 e. The zero-order valence-corrected chi connectivity index (χ0v) is 8.25. The van der Waals surface area contributed by atoms with Gasteiger partial charge in [0.25, 0.3) is 0 Å². The molecule has 2 rings (SSSR count). The monoisotopic (exact) mass is 212 g/mol. The molecule has 2 atom stereocenters. The average molecular weight is 212 g/mol. The Labute approximate surface area is 86.7 Å². The molecule has 1 aliphatic rings. The van der Waals surface area contributed by atoms with Gasteiger partial charge in [0.1, 0.15) is 12.0 Å². The first-order chi connectivity index (χ1) is 6.84. The van der Waals surface area contributed by atoms with Crippen LogP contribution in [0.25, 0.3) is 0 Å². The summed E-state index contributed by atoms with van der Waals surface area (Å²) >= 11 is 1.32. The molecule has 0 aliphatic carbocycles. The molecular formula is C8H12N4OS. The van der Waals surface area contributed by atoms with Crippen molar-refractivity contribution >= 4 is 12.1 Å². The van der Waals surface area contributed by atoms with Crippen molar-refractivity contribution in [2.45, 2.75) is 12.6 Å². The van der Waals surface area contributed by atoms with Gasteiger partial charge in [0.15, 0.2) is 0 Å². The molecule has 0 saturated carbocycles. The van der Waals surface area contributed by atoms with Crippen molar-refractivity contribution in [3.63, 3.8) is 0 Å². The van der Waals surface area contributed by atoms with Crippen LogP contribution in [0.2, 0.25) is 0 Å². The number of para-hydroxylation sites is 1. The topological polar surface area (TPSA) is 71.3 Å². The van der Waals surface area contributed by atoms with Crippen molar-refractivity contribution in [2.24, 2.45) is 5.73 Å². The molecule has 1 aliphatic heterocycles. The van der Waals surface area contributed by atoms with Crippen LogP contribution in [-0.2, 0) is 0 Å². The number of benzene rings is 1. The first-order valence-corrected chi connectivity index (χ1v) is 5.06. The quantitative estimate of drug-likeness (QED) is 0.515. The van der Waals surface area contributed by atoms with E-state index in [2.05, 4.69) is 14.8 Å². The molecule has 6 heteroatoms. The third-order valence-electron chi connectivity index (χ3n) is 1.68. The number of nitrogens with two attached hydrogens (primary N) is 1. The van der Waals surface area contributed by atoms with Crippen molar-refractivity contribution in [1.82, 2.24) is 14.8 Å². The van der Waals surface area contributed by atoms with Gasteiger partial charge in [0.2, 0.25) is 6.35 Å². The molecule has 1 aromatic carbocycles. The second-order valence-corrected chi connectivity index (χ2v) is 3.47. The fraction of sp³-hybridized carbons (Fsp3) is 0.250. The average Bonchev–Trinajstić information content (AvgIpc) is 2.19. The van der Waals surface area contributed by atoms with E-state index in [1.807, 2.05) is 30.3 Å². The van der Waals surface area contributed by atoms with Gasteiger partial charge in [0.05, 0.1) is 0 Å². The maximum Gasteiger partial charge on any atom is 0.219 e. The summed E-state index contributed by atoms with van der Waals surface area (Å²) in [7, 11) is 0. The number of hydrogen-bond donors (Lipinski definition) is 4. The lowest BCUT2D eigenvalue weighted by Crippen LogP contribution is -2.61. The summed E-state index contributed by atoms with van der Waals surface area (Å²) in [5, 5.41) is 2.98. The van der Waals surface area contributed by atoms with Crippen molar-refractivity contribution in [3.05, 3.63) is 30.3 Å². The zero-order valence-electron chi connectivity index (χ0n) is 7.44. The van der Waals surface area contributed by atoms with E-state index in [0.29, 0.717) is 0 Å². The Bertz CT molecular complexity index is 284. The summed E-state index contributed by atoms with van der Waals surface area (Å²) in [4.78, 5) is 0. The Balaban J connectivity index is 1.91. The molecule has 2 unspecified atom stereocenters. The molecule has 0 amide bonds. The van der Waals surface area contributed by atoms with Crippen LogP contribution in [-0.4, -0.2) is 12.6 Å². The van der Waals surface area contributed by atoms with Gasteiger partial charge in [-0.3, -0.25) is 0 Å². The van der Waals surface area contributed by atoms with Gasteiger partial charge in [-0.25, -0.2) is 14.8 Å². The highest BCUT2D eigenvalue weighted by molar-refractivity contribution is 7.95. The first-order valence-electron chi connectivity index (χ1n) is 4.25. The van der Waals surface area contributed by atoms with Crippen LogP contribution in [0.1, 0.15) is 0 Å². The molecule has 76 valence electrons. The molecular weight excluding hydrogens is 200 g/mol. The van der Waals surface area contributed by atoms with E-state index in [1.165, 1.54) is 12.1 Å². The summed E-state index contributed by atoms with van der Waals surface area (Å²) in [6.07, 6.45) is -0.548. The highest BCUT2D eigenvalue weighted by Crippen LogP contribution is 2.10. The van der Waals surface area contributed by atoms with Gasteiger partial charge in [0, 0.05) is 12.1 Å². The van der Waals surface area contributed by atoms with Crippen LogP contribution >= 0.6 is 12.1 Å². The number of rotatable bonds is 2. The van der Waals surface area contributed by atoms with Crippen LogP contribution in [0.5, 0.6) is 5.75 Å². The Morgan fingerprint density at radius 3 is 2.71 bits per heavy atom. The van der Waals surface area contributed by atoms with Gasteiger partial charge in [-0.1, -0.05) is 18.2 Å². The van der Waals surface area contributed by atoms with E-state index < -0.39 is 0 Å².